The van der Waals surface area contributed by atoms with Crippen LogP contribution in [0.1, 0.15) is 5.56 Å². The van der Waals surface area contributed by atoms with Gasteiger partial charge in [0.2, 0.25) is 0 Å². The van der Waals surface area contributed by atoms with E-state index < -0.39 is 0 Å². The molecule has 1 aromatic rings. The van der Waals surface area contributed by atoms with Crippen LogP contribution in [0, 0.1) is 6.92 Å². The highest BCUT2D eigenvalue weighted by molar-refractivity contribution is 9.11. The molecule has 0 N–H and O–H groups in total. The normalized spacial score (nSPS) is 24.2. The summed E-state index contributed by atoms with van der Waals surface area (Å²) < 4.78 is 23.7. The van der Waals surface area contributed by atoms with E-state index in [1.165, 1.54) is 0 Å². The average molecular weight is 394 g/mol. The first kappa shape index (κ1) is 13.7. The standard InChI is InChI=1S/C13H14Br2O4/c1-7-12(18-5-8-3-16-8)10(14)2-11(15)13(7)19-6-9-4-17-9/h2,8-9H,3-6H2,1H3. The summed E-state index contributed by atoms with van der Waals surface area (Å²) in [5.41, 5.74) is 0.975. The zero-order valence-electron chi connectivity index (χ0n) is 10.4. The molecule has 2 aliphatic rings. The minimum absolute atomic E-state index is 0.235. The molecule has 0 bridgehead atoms. The van der Waals surface area contributed by atoms with Gasteiger partial charge >= 0.3 is 0 Å². The van der Waals surface area contributed by atoms with Crippen LogP contribution in [0.4, 0.5) is 0 Å². The van der Waals surface area contributed by atoms with Crippen molar-refractivity contribution < 1.29 is 18.9 Å². The summed E-state index contributed by atoms with van der Waals surface area (Å²) in [6, 6.07) is 1.94. The Morgan fingerprint density at radius 3 is 1.84 bits per heavy atom. The Labute approximate surface area is 128 Å². The first-order chi connectivity index (χ1) is 9.15. The lowest BCUT2D eigenvalue weighted by atomic mass is 10.2. The third kappa shape index (κ3) is 3.42. The minimum atomic E-state index is 0.235. The molecule has 0 amide bonds. The van der Waals surface area contributed by atoms with Crippen molar-refractivity contribution in [3.63, 3.8) is 0 Å². The van der Waals surface area contributed by atoms with Gasteiger partial charge in [-0.1, -0.05) is 0 Å². The number of epoxide rings is 2. The Bertz CT molecular complexity index is 444. The van der Waals surface area contributed by atoms with Crippen molar-refractivity contribution in [2.45, 2.75) is 19.1 Å². The zero-order valence-corrected chi connectivity index (χ0v) is 13.6. The molecule has 4 nitrogen and oxygen atoms in total. The number of hydrogen-bond donors (Lipinski definition) is 0. The number of halogens is 2. The van der Waals surface area contributed by atoms with E-state index in [2.05, 4.69) is 31.9 Å². The van der Waals surface area contributed by atoms with Crippen LogP contribution in [-0.4, -0.2) is 38.6 Å². The molecule has 0 radical (unpaired) electrons. The molecule has 3 rings (SSSR count). The highest BCUT2D eigenvalue weighted by Gasteiger charge is 2.26. The largest absolute Gasteiger partial charge is 0.489 e. The predicted molar refractivity (Wildman–Crippen MR) is 77.0 cm³/mol. The maximum atomic E-state index is 5.81. The SMILES string of the molecule is Cc1c(OCC2CO2)c(Br)cc(Br)c1OCC1CO1. The van der Waals surface area contributed by atoms with Gasteiger partial charge < -0.3 is 18.9 Å². The van der Waals surface area contributed by atoms with E-state index in [1.807, 2.05) is 13.0 Å². The van der Waals surface area contributed by atoms with Crippen molar-refractivity contribution in [1.29, 1.82) is 0 Å². The van der Waals surface area contributed by atoms with E-state index in [4.69, 9.17) is 18.9 Å². The summed E-state index contributed by atoms with van der Waals surface area (Å²) in [5, 5.41) is 0. The Kier molecular flexibility index (Phi) is 4.03. The van der Waals surface area contributed by atoms with Gasteiger partial charge in [-0.3, -0.25) is 0 Å². The molecule has 6 heteroatoms. The predicted octanol–water partition coefficient (Wildman–Crippen LogP) is 3.08. The summed E-state index contributed by atoms with van der Waals surface area (Å²) in [5.74, 6) is 1.62. The molecular formula is C13H14Br2O4. The fourth-order valence-corrected chi connectivity index (χ4v) is 3.33. The van der Waals surface area contributed by atoms with E-state index >= 15 is 0 Å². The van der Waals surface area contributed by atoms with Crippen molar-refractivity contribution >= 4 is 31.9 Å². The quantitative estimate of drug-likeness (QED) is 0.696. The molecule has 2 heterocycles. The lowest BCUT2D eigenvalue weighted by molar-refractivity contribution is 0.248. The molecule has 0 saturated carbocycles. The fraction of sp³-hybridized carbons (Fsp3) is 0.538. The summed E-state index contributed by atoms with van der Waals surface area (Å²) in [7, 11) is 0. The Balaban J connectivity index is 1.77. The number of benzene rings is 1. The second-order valence-electron chi connectivity index (χ2n) is 4.66. The van der Waals surface area contributed by atoms with Gasteiger partial charge in [0.05, 0.1) is 22.2 Å². The van der Waals surface area contributed by atoms with Gasteiger partial charge in [0.15, 0.2) is 0 Å². The smallest absolute Gasteiger partial charge is 0.140 e. The van der Waals surface area contributed by atoms with Crippen LogP contribution in [0.15, 0.2) is 15.0 Å². The van der Waals surface area contributed by atoms with Crippen LogP contribution >= 0.6 is 31.9 Å². The Hall–Kier alpha value is -0.300. The van der Waals surface area contributed by atoms with Gasteiger partial charge in [-0.05, 0) is 44.8 Å². The first-order valence-corrected chi connectivity index (χ1v) is 7.71. The Morgan fingerprint density at radius 2 is 1.47 bits per heavy atom. The third-order valence-electron chi connectivity index (χ3n) is 3.00. The molecule has 0 spiro atoms. The Morgan fingerprint density at radius 1 is 1.05 bits per heavy atom. The average Bonchev–Trinajstić information content (AvgIpc) is 3.23. The van der Waals surface area contributed by atoms with Gasteiger partial charge in [-0.25, -0.2) is 0 Å². The van der Waals surface area contributed by atoms with Crippen LogP contribution < -0.4 is 9.47 Å². The lowest BCUT2D eigenvalue weighted by Gasteiger charge is -2.16. The van der Waals surface area contributed by atoms with E-state index in [-0.39, 0.29) is 12.2 Å². The number of rotatable bonds is 6. The van der Waals surface area contributed by atoms with E-state index in [1.54, 1.807) is 0 Å². The minimum Gasteiger partial charge on any atom is -0.489 e. The second kappa shape index (κ2) is 5.60. The van der Waals surface area contributed by atoms with Gasteiger partial charge in [0, 0.05) is 5.56 Å². The van der Waals surface area contributed by atoms with Crippen LogP contribution in [0.2, 0.25) is 0 Å². The number of ether oxygens (including phenoxy) is 4. The van der Waals surface area contributed by atoms with Crippen molar-refractivity contribution in [2.75, 3.05) is 26.4 Å². The molecule has 104 valence electrons. The molecule has 2 saturated heterocycles. The van der Waals surface area contributed by atoms with Crippen LogP contribution in [0.25, 0.3) is 0 Å². The van der Waals surface area contributed by atoms with Gasteiger partial charge in [-0.15, -0.1) is 0 Å². The van der Waals surface area contributed by atoms with E-state index in [0.29, 0.717) is 13.2 Å². The van der Waals surface area contributed by atoms with Crippen LogP contribution in [0.3, 0.4) is 0 Å². The molecule has 0 aromatic heterocycles. The van der Waals surface area contributed by atoms with Crippen molar-refractivity contribution in [2.24, 2.45) is 0 Å². The zero-order chi connectivity index (χ0) is 13.4. The molecule has 2 fully saturated rings. The summed E-state index contributed by atoms with van der Waals surface area (Å²) in [4.78, 5) is 0. The fourth-order valence-electron chi connectivity index (χ4n) is 1.74. The third-order valence-corrected chi connectivity index (χ3v) is 4.18. The lowest BCUT2D eigenvalue weighted by Crippen LogP contribution is -2.09. The van der Waals surface area contributed by atoms with Crippen LogP contribution in [-0.2, 0) is 9.47 Å². The van der Waals surface area contributed by atoms with Crippen molar-refractivity contribution in [3.05, 3.63) is 20.6 Å². The summed E-state index contributed by atoms with van der Waals surface area (Å²) in [6.07, 6.45) is 0.471. The van der Waals surface area contributed by atoms with E-state index in [9.17, 15) is 0 Å². The molecule has 0 aliphatic carbocycles. The molecule has 1 aromatic carbocycles. The van der Waals surface area contributed by atoms with Gasteiger partial charge in [0.1, 0.15) is 36.9 Å². The molecule has 19 heavy (non-hydrogen) atoms. The van der Waals surface area contributed by atoms with E-state index in [0.717, 1.165) is 39.2 Å². The highest BCUT2D eigenvalue weighted by Crippen LogP contribution is 2.41. The molecule has 2 aliphatic heterocycles. The highest BCUT2D eigenvalue weighted by atomic mass is 79.9. The summed E-state index contributed by atoms with van der Waals surface area (Å²) in [6.45, 7) is 4.71. The topological polar surface area (TPSA) is 43.5 Å². The molecular weight excluding hydrogens is 380 g/mol. The first-order valence-electron chi connectivity index (χ1n) is 6.12. The van der Waals surface area contributed by atoms with Gasteiger partial charge in [0.25, 0.3) is 0 Å². The summed E-state index contributed by atoms with van der Waals surface area (Å²) >= 11 is 7.04. The van der Waals surface area contributed by atoms with Gasteiger partial charge in [-0.2, -0.15) is 0 Å². The van der Waals surface area contributed by atoms with Crippen molar-refractivity contribution in [3.8, 4) is 11.5 Å². The molecule has 2 unspecified atom stereocenters. The number of hydrogen-bond acceptors (Lipinski definition) is 4. The van der Waals surface area contributed by atoms with Crippen molar-refractivity contribution in [1.82, 2.24) is 0 Å². The molecule has 2 atom stereocenters. The second-order valence-corrected chi connectivity index (χ2v) is 6.36. The van der Waals surface area contributed by atoms with Crippen LogP contribution in [0.5, 0.6) is 11.5 Å². The monoisotopic (exact) mass is 392 g/mol. The maximum absolute atomic E-state index is 5.81. The maximum Gasteiger partial charge on any atom is 0.140 e.